The van der Waals surface area contributed by atoms with Crippen molar-refractivity contribution in [3.63, 3.8) is 0 Å². The van der Waals surface area contributed by atoms with Crippen LogP contribution in [0.4, 0.5) is 0 Å². The summed E-state index contributed by atoms with van der Waals surface area (Å²) in [7, 11) is 0. The second-order valence-corrected chi connectivity index (χ2v) is 8.01. The van der Waals surface area contributed by atoms with E-state index >= 15 is 0 Å². The van der Waals surface area contributed by atoms with Gasteiger partial charge in [0.2, 0.25) is 5.91 Å². The Morgan fingerprint density at radius 3 is 3.00 bits per heavy atom. The minimum absolute atomic E-state index is 0.170. The van der Waals surface area contributed by atoms with Crippen molar-refractivity contribution in [1.82, 2.24) is 25.0 Å². The Hall–Kier alpha value is -1.73. The highest BCUT2D eigenvalue weighted by atomic mass is 32.1. The quantitative estimate of drug-likeness (QED) is 0.860. The molecule has 1 amide bonds. The first-order chi connectivity index (χ1) is 12.3. The van der Waals surface area contributed by atoms with Gasteiger partial charge in [-0.15, -0.1) is 11.3 Å². The van der Waals surface area contributed by atoms with Crippen LogP contribution in [0.3, 0.4) is 0 Å². The predicted octanol–water partition coefficient (Wildman–Crippen LogP) is 2.35. The first-order valence-corrected chi connectivity index (χ1v) is 10.1. The summed E-state index contributed by atoms with van der Waals surface area (Å²) in [5, 5.41) is 11.0. The van der Waals surface area contributed by atoms with E-state index in [0.29, 0.717) is 12.5 Å². The molecule has 25 heavy (non-hydrogen) atoms. The molecule has 7 heteroatoms. The van der Waals surface area contributed by atoms with Crippen LogP contribution in [0.25, 0.3) is 0 Å². The number of rotatable bonds is 6. The van der Waals surface area contributed by atoms with Gasteiger partial charge in [0.05, 0.1) is 24.5 Å². The molecule has 0 saturated heterocycles. The van der Waals surface area contributed by atoms with Gasteiger partial charge in [0.15, 0.2) is 0 Å². The highest BCUT2D eigenvalue weighted by Crippen LogP contribution is 2.19. The minimum Gasteiger partial charge on any atom is -0.353 e. The summed E-state index contributed by atoms with van der Waals surface area (Å²) < 4.78 is 2.10. The van der Waals surface area contributed by atoms with Gasteiger partial charge in [-0.25, -0.2) is 4.98 Å². The molecule has 2 aromatic rings. The zero-order valence-corrected chi connectivity index (χ0v) is 15.3. The summed E-state index contributed by atoms with van der Waals surface area (Å²) in [6.45, 7) is 3.72. The molecule has 0 atom stereocenters. The van der Waals surface area contributed by atoms with Crippen LogP contribution in [0.5, 0.6) is 0 Å². The van der Waals surface area contributed by atoms with Crippen molar-refractivity contribution in [3.05, 3.63) is 34.0 Å². The molecule has 2 aliphatic rings. The normalized spacial score (nSPS) is 18.4. The molecule has 1 N–H and O–H groups in total. The average Bonchev–Trinajstić information content (AvgIpc) is 3.34. The molecule has 0 radical (unpaired) electrons. The molecule has 2 aromatic heterocycles. The number of hydrogen-bond acceptors (Lipinski definition) is 5. The summed E-state index contributed by atoms with van der Waals surface area (Å²) in [6, 6.07) is 2.57. The summed E-state index contributed by atoms with van der Waals surface area (Å²) in [5.74, 6) is 0.170. The number of aromatic nitrogens is 3. The SMILES string of the molecule is O=C(CCc1cc2n(n1)CCN(Cc1nccs1)C2)NC1CCCC1. The lowest BCUT2D eigenvalue weighted by Crippen LogP contribution is -2.33. The zero-order valence-electron chi connectivity index (χ0n) is 14.5. The Balaban J connectivity index is 1.28. The van der Waals surface area contributed by atoms with Crippen LogP contribution in [0, 0.1) is 0 Å². The van der Waals surface area contributed by atoms with Crippen LogP contribution >= 0.6 is 11.3 Å². The fourth-order valence-electron chi connectivity index (χ4n) is 3.77. The van der Waals surface area contributed by atoms with Gasteiger partial charge in [-0.2, -0.15) is 5.10 Å². The van der Waals surface area contributed by atoms with Gasteiger partial charge < -0.3 is 5.32 Å². The third kappa shape index (κ3) is 4.27. The lowest BCUT2D eigenvalue weighted by atomic mass is 10.2. The monoisotopic (exact) mass is 359 g/mol. The van der Waals surface area contributed by atoms with E-state index in [0.717, 1.165) is 56.1 Å². The maximum atomic E-state index is 12.1. The summed E-state index contributed by atoms with van der Waals surface area (Å²) >= 11 is 1.71. The zero-order chi connectivity index (χ0) is 17.1. The Kier molecular flexibility index (Phi) is 5.12. The Morgan fingerprint density at radius 2 is 2.20 bits per heavy atom. The van der Waals surface area contributed by atoms with Crippen molar-refractivity contribution >= 4 is 17.2 Å². The molecule has 0 unspecified atom stereocenters. The molecule has 134 valence electrons. The fourth-order valence-corrected chi connectivity index (χ4v) is 4.43. The molecule has 6 nitrogen and oxygen atoms in total. The molecule has 1 aliphatic heterocycles. The highest BCUT2D eigenvalue weighted by molar-refractivity contribution is 7.09. The molecule has 4 rings (SSSR count). The van der Waals surface area contributed by atoms with Crippen molar-refractivity contribution in [2.75, 3.05) is 6.54 Å². The highest BCUT2D eigenvalue weighted by Gasteiger charge is 2.20. The third-order valence-electron chi connectivity index (χ3n) is 5.10. The van der Waals surface area contributed by atoms with E-state index < -0.39 is 0 Å². The number of thiazole rings is 1. The number of fused-ring (bicyclic) bond motifs is 1. The van der Waals surface area contributed by atoms with E-state index in [1.165, 1.54) is 18.5 Å². The number of nitrogens with zero attached hydrogens (tertiary/aromatic N) is 4. The smallest absolute Gasteiger partial charge is 0.220 e. The fraction of sp³-hybridized carbons (Fsp3) is 0.611. The second-order valence-electron chi connectivity index (χ2n) is 7.04. The van der Waals surface area contributed by atoms with E-state index in [1.807, 2.05) is 11.6 Å². The van der Waals surface area contributed by atoms with Crippen LogP contribution in [-0.2, 0) is 30.8 Å². The molecule has 0 aromatic carbocycles. The van der Waals surface area contributed by atoms with Crippen molar-refractivity contribution < 1.29 is 4.79 Å². The molecule has 1 fully saturated rings. The van der Waals surface area contributed by atoms with Crippen molar-refractivity contribution in [1.29, 1.82) is 0 Å². The predicted molar refractivity (Wildman–Crippen MR) is 97.2 cm³/mol. The standard InChI is InChI=1S/C18H25N5OS/c24-17(20-14-3-1-2-4-14)6-5-15-11-16-12-22(8-9-23(16)21-15)13-18-19-7-10-25-18/h7,10-11,14H,1-6,8-9,12-13H2,(H,20,24). The van der Waals surface area contributed by atoms with E-state index in [9.17, 15) is 4.79 Å². The van der Waals surface area contributed by atoms with E-state index in [4.69, 9.17) is 0 Å². The van der Waals surface area contributed by atoms with Crippen molar-refractivity contribution in [3.8, 4) is 0 Å². The van der Waals surface area contributed by atoms with Crippen LogP contribution in [0.1, 0.15) is 48.5 Å². The molecule has 0 bridgehead atoms. The summed E-state index contributed by atoms with van der Waals surface area (Å²) in [5.41, 5.74) is 2.28. The van der Waals surface area contributed by atoms with Gasteiger partial charge in [0, 0.05) is 43.5 Å². The molecule has 0 spiro atoms. The molecule has 1 aliphatic carbocycles. The van der Waals surface area contributed by atoms with E-state index in [2.05, 4.69) is 31.0 Å². The maximum Gasteiger partial charge on any atom is 0.220 e. The van der Waals surface area contributed by atoms with Gasteiger partial charge in [-0.05, 0) is 18.9 Å². The van der Waals surface area contributed by atoms with Gasteiger partial charge >= 0.3 is 0 Å². The molecule has 1 saturated carbocycles. The molecule has 3 heterocycles. The Bertz CT molecular complexity index is 705. The average molecular weight is 359 g/mol. The van der Waals surface area contributed by atoms with Gasteiger partial charge in [0.1, 0.15) is 5.01 Å². The number of nitrogens with one attached hydrogen (secondary N) is 1. The van der Waals surface area contributed by atoms with E-state index in [-0.39, 0.29) is 5.91 Å². The summed E-state index contributed by atoms with van der Waals surface area (Å²) in [4.78, 5) is 18.9. The minimum atomic E-state index is 0.170. The van der Waals surface area contributed by atoms with Crippen molar-refractivity contribution in [2.24, 2.45) is 0 Å². The number of hydrogen-bond donors (Lipinski definition) is 1. The van der Waals surface area contributed by atoms with Crippen LogP contribution in [-0.4, -0.2) is 38.2 Å². The maximum absolute atomic E-state index is 12.1. The number of carbonyl (C=O) groups is 1. The lowest BCUT2D eigenvalue weighted by Gasteiger charge is -2.26. The number of amides is 1. The van der Waals surface area contributed by atoms with Crippen LogP contribution < -0.4 is 5.32 Å². The van der Waals surface area contributed by atoms with Crippen molar-refractivity contribution in [2.45, 2.75) is 64.2 Å². The first kappa shape index (κ1) is 16.7. The molecular formula is C18H25N5OS. The first-order valence-electron chi connectivity index (χ1n) is 9.22. The van der Waals surface area contributed by atoms with Crippen LogP contribution in [0.2, 0.25) is 0 Å². The van der Waals surface area contributed by atoms with Gasteiger partial charge in [0.25, 0.3) is 0 Å². The van der Waals surface area contributed by atoms with E-state index in [1.54, 1.807) is 11.3 Å². The lowest BCUT2D eigenvalue weighted by molar-refractivity contribution is -0.121. The molecular weight excluding hydrogens is 334 g/mol. The van der Waals surface area contributed by atoms with Gasteiger partial charge in [-0.3, -0.25) is 14.4 Å². The van der Waals surface area contributed by atoms with Crippen LogP contribution in [0.15, 0.2) is 17.6 Å². The topological polar surface area (TPSA) is 63.1 Å². The van der Waals surface area contributed by atoms with Gasteiger partial charge in [-0.1, -0.05) is 12.8 Å². The second kappa shape index (κ2) is 7.66. The Labute approximate surface area is 152 Å². The number of carbonyl (C=O) groups excluding carboxylic acids is 1. The third-order valence-corrected chi connectivity index (χ3v) is 5.86. The number of aryl methyl sites for hydroxylation is 1. The Morgan fingerprint density at radius 1 is 1.32 bits per heavy atom. The summed E-state index contributed by atoms with van der Waals surface area (Å²) in [6.07, 6.45) is 7.90. The largest absolute Gasteiger partial charge is 0.353 e.